The van der Waals surface area contributed by atoms with Gasteiger partial charge in [-0.2, -0.15) is 0 Å². The highest BCUT2D eigenvalue weighted by Crippen LogP contribution is 2.35. The van der Waals surface area contributed by atoms with Gasteiger partial charge in [-0.05, 0) is 19.3 Å². The largest absolute Gasteiger partial charge is 0.453 e. The summed E-state index contributed by atoms with van der Waals surface area (Å²) in [5.74, 6) is -0.0125. The van der Waals surface area contributed by atoms with Crippen LogP contribution in [0.2, 0.25) is 0 Å². The van der Waals surface area contributed by atoms with E-state index in [1.54, 1.807) is 0 Å². The molecule has 66 valence electrons. The van der Waals surface area contributed by atoms with Crippen molar-refractivity contribution in [2.45, 2.75) is 31.8 Å². The Morgan fingerprint density at radius 2 is 2.00 bits per heavy atom. The quantitative estimate of drug-likeness (QED) is 0.542. The van der Waals surface area contributed by atoms with E-state index in [1.807, 2.05) is 0 Å². The molecule has 0 aromatic heterocycles. The first-order chi connectivity index (χ1) is 5.77. The second kappa shape index (κ2) is 3.09. The summed E-state index contributed by atoms with van der Waals surface area (Å²) in [6.45, 7) is 0. The number of hydrogen-bond donors (Lipinski definition) is 0. The Kier molecular flexibility index (Phi) is 2.09. The highest BCUT2D eigenvalue weighted by Gasteiger charge is 2.39. The summed E-state index contributed by atoms with van der Waals surface area (Å²) in [7, 11) is 0. The maximum absolute atomic E-state index is 11.3. The summed E-state index contributed by atoms with van der Waals surface area (Å²) >= 11 is 0.727. The van der Waals surface area contributed by atoms with Crippen molar-refractivity contribution in [3.63, 3.8) is 0 Å². The zero-order chi connectivity index (χ0) is 8.55. The number of ether oxygens (including phenoxy) is 1. The summed E-state index contributed by atoms with van der Waals surface area (Å²) in [6, 6.07) is 0. The van der Waals surface area contributed by atoms with Crippen LogP contribution in [0.4, 0.5) is 4.79 Å². The van der Waals surface area contributed by atoms with E-state index < -0.39 is 5.30 Å². The molecule has 0 spiro atoms. The van der Waals surface area contributed by atoms with Crippen LogP contribution in [0.3, 0.4) is 0 Å². The Hall–Kier alpha value is -0.510. The molecular formula is C8H10O3S. The average molecular weight is 186 g/mol. The van der Waals surface area contributed by atoms with Gasteiger partial charge in [0.25, 0.3) is 0 Å². The lowest BCUT2D eigenvalue weighted by molar-refractivity contribution is -0.119. The molecule has 0 bridgehead atoms. The van der Waals surface area contributed by atoms with Crippen LogP contribution in [0.15, 0.2) is 0 Å². The van der Waals surface area contributed by atoms with E-state index in [1.165, 1.54) is 0 Å². The second-order valence-corrected chi connectivity index (χ2v) is 4.16. The zero-order valence-electron chi connectivity index (χ0n) is 6.62. The van der Waals surface area contributed by atoms with Crippen molar-refractivity contribution in [2.24, 2.45) is 5.92 Å². The predicted octanol–water partition coefficient (Wildman–Crippen LogP) is 1.96. The minimum atomic E-state index is -0.414. The maximum Gasteiger partial charge on any atom is 0.375 e. The number of carbonyl (C=O) groups is 2. The van der Waals surface area contributed by atoms with E-state index in [-0.39, 0.29) is 17.1 Å². The Labute approximate surface area is 74.8 Å². The Bertz CT molecular complexity index is 226. The molecule has 12 heavy (non-hydrogen) atoms. The maximum atomic E-state index is 11.3. The third-order valence-electron chi connectivity index (χ3n) is 2.44. The second-order valence-electron chi connectivity index (χ2n) is 3.22. The average Bonchev–Trinajstić information content (AvgIpc) is 2.04. The SMILES string of the molecule is O=C1O[C@H]2CCCC[C@@H]2C(=O)S1. The molecule has 2 rings (SSSR count). The Balaban J connectivity index is 2.11. The predicted molar refractivity (Wildman–Crippen MR) is 44.8 cm³/mol. The van der Waals surface area contributed by atoms with Gasteiger partial charge in [-0.1, -0.05) is 6.42 Å². The van der Waals surface area contributed by atoms with Crippen molar-refractivity contribution < 1.29 is 14.3 Å². The van der Waals surface area contributed by atoms with Crippen LogP contribution in [-0.2, 0) is 9.53 Å². The van der Waals surface area contributed by atoms with Gasteiger partial charge in [-0.3, -0.25) is 4.79 Å². The highest BCUT2D eigenvalue weighted by atomic mass is 32.2. The fraction of sp³-hybridized carbons (Fsp3) is 0.750. The van der Waals surface area contributed by atoms with E-state index >= 15 is 0 Å². The summed E-state index contributed by atoms with van der Waals surface area (Å²) < 4.78 is 5.06. The Morgan fingerprint density at radius 3 is 2.83 bits per heavy atom. The highest BCUT2D eigenvalue weighted by molar-refractivity contribution is 8.25. The van der Waals surface area contributed by atoms with Crippen molar-refractivity contribution in [2.75, 3.05) is 0 Å². The molecule has 2 aliphatic rings. The minimum Gasteiger partial charge on any atom is -0.453 e. The Morgan fingerprint density at radius 1 is 1.25 bits per heavy atom. The minimum absolute atomic E-state index is 0.0101. The van der Waals surface area contributed by atoms with Gasteiger partial charge in [0.1, 0.15) is 6.10 Å². The summed E-state index contributed by atoms with van der Waals surface area (Å²) in [4.78, 5) is 22.1. The third-order valence-corrected chi connectivity index (χ3v) is 3.20. The lowest BCUT2D eigenvalue weighted by atomic mass is 9.87. The number of hydrogen-bond acceptors (Lipinski definition) is 4. The van der Waals surface area contributed by atoms with Crippen LogP contribution in [0.1, 0.15) is 25.7 Å². The van der Waals surface area contributed by atoms with Gasteiger partial charge in [0.15, 0.2) is 0 Å². The molecule has 1 aliphatic carbocycles. The first-order valence-electron chi connectivity index (χ1n) is 4.19. The molecule has 1 saturated heterocycles. The van der Waals surface area contributed by atoms with Crippen molar-refractivity contribution in [1.29, 1.82) is 0 Å². The van der Waals surface area contributed by atoms with Crippen LogP contribution >= 0.6 is 11.8 Å². The molecule has 4 heteroatoms. The van der Waals surface area contributed by atoms with Crippen molar-refractivity contribution in [3.8, 4) is 0 Å². The van der Waals surface area contributed by atoms with Crippen LogP contribution < -0.4 is 0 Å². The third kappa shape index (κ3) is 1.35. The van der Waals surface area contributed by atoms with Crippen molar-refractivity contribution in [3.05, 3.63) is 0 Å². The fourth-order valence-corrected chi connectivity index (χ4v) is 2.57. The number of rotatable bonds is 0. The van der Waals surface area contributed by atoms with Gasteiger partial charge in [0.05, 0.1) is 5.92 Å². The van der Waals surface area contributed by atoms with Crippen LogP contribution in [0.25, 0.3) is 0 Å². The molecule has 0 N–H and O–H groups in total. The summed E-state index contributed by atoms with van der Waals surface area (Å²) in [5.41, 5.74) is 0. The fourth-order valence-electron chi connectivity index (χ4n) is 1.81. The van der Waals surface area contributed by atoms with Crippen molar-refractivity contribution in [1.82, 2.24) is 0 Å². The molecule has 0 aromatic rings. The molecule has 0 amide bonds. The van der Waals surface area contributed by atoms with Crippen molar-refractivity contribution >= 4 is 22.2 Å². The lowest BCUT2D eigenvalue weighted by Gasteiger charge is -2.32. The first-order valence-corrected chi connectivity index (χ1v) is 5.01. The van der Waals surface area contributed by atoms with Crippen LogP contribution in [0.5, 0.6) is 0 Å². The first kappa shape index (κ1) is 8.10. The molecule has 0 aromatic carbocycles. The zero-order valence-corrected chi connectivity index (χ0v) is 7.43. The van der Waals surface area contributed by atoms with Gasteiger partial charge >= 0.3 is 5.30 Å². The van der Waals surface area contributed by atoms with Gasteiger partial charge in [0, 0.05) is 11.8 Å². The van der Waals surface area contributed by atoms with Crippen LogP contribution in [-0.4, -0.2) is 16.5 Å². The monoisotopic (exact) mass is 186 g/mol. The smallest absolute Gasteiger partial charge is 0.375 e. The molecule has 1 saturated carbocycles. The van der Waals surface area contributed by atoms with Gasteiger partial charge in [-0.15, -0.1) is 0 Å². The van der Waals surface area contributed by atoms with Gasteiger partial charge < -0.3 is 4.74 Å². The van der Waals surface area contributed by atoms with E-state index in [2.05, 4.69) is 0 Å². The lowest BCUT2D eigenvalue weighted by Crippen LogP contribution is -2.37. The van der Waals surface area contributed by atoms with E-state index in [0.29, 0.717) is 0 Å². The molecule has 0 unspecified atom stereocenters. The number of thioether (sulfide) groups is 1. The topological polar surface area (TPSA) is 43.4 Å². The van der Waals surface area contributed by atoms with Crippen LogP contribution in [0, 0.1) is 5.92 Å². The van der Waals surface area contributed by atoms with Gasteiger partial charge in [0.2, 0.25) is 5.12 Å². The molecule has 2 fully saturated rings. The molecule has 2 atom stereocenters. The van der Waals surface area contributed by atoms with E-state index in [9.17, 15) is 9.59 Å². The summed E-state index contributed by atoms with van der Waals surface area (Å²) in [6.07, 6.45) is 3.81. The summed E-state index contributed by atoms with van der Waals surface area (Å²) in [5, 5.41) is -0.404. The number of carbonyl (C=O) groups excluding carboxylic acids is 2. The van der Waals surface area contributed by atoms with Gasteiger partial charge in [-0.25, -0.2) is 4.79 Å². The standard InChI is InChI=1S/C8H10O3S/c9-7-5-3-1-2-4-6(5)11-8(10)12-7/h5-6H,1-4H2/t5-,6-/m0/s1. The molecular weight excluding hydrogens is 176 g/mol. The molecule has 1 heterocycles. The molecule has 3 nitrogen and oxygen atoms in total. The molecule has 1 aliphatic heterocycles. The van der Waals surface area contributed by atoms with E-state index in [4.69, 9.17) is 4.74 Å². The molecule has 0 radical (unpaired) electrons. The normalized spacial score (nSPS) is 35.7. The van der Waals surface area contributed by atoms with E-state index in [0.717, 1.165) is 37.4 Å². The number of fused-ring (bicyclic) bond motifs is 1.